The molecular weight excluding hydrogens is 306 g/mol. The lowest BCUT2D eigenvalue weighted by Gasteiger charge is -2.13. The number of hydrogen-bond acceptors (Lipinski definition) is 4. The van der Waals surface area contributed by atoms with Gasteiger partial charge in [-0.2, -0.15) is 5.10 Å². The molecule has 0 unspecified atom stereocenters. The molecule has 7 heteroatoms. The maximum atomic E-state index is 12.2. The SMILES string of the molecule is O=C(NCCCn1cnc2ccccc21)c1cc2n(n1)CCCO2. The number of amides is 1. The average Bonchev–Trinajstić information content (AvgIpc) is 3.23. The second-order valence-corrected chi connectivity index (χ2v) is 5.83. The van der Waals surface area contributed by atoms with Gasteiger partial charge in [0.1, 0.15) is 0 Å². The summed E-state index contributed by atoms with van der Waals surface area (Å²) in [7, 11) is 0. The number of aryl methyl sites for hydroxylation is 2. The Labute approximate surface area is 139 Å². The van der Waals surface area contributed by atoms with Crippen LogP contribution in [-0.4, -0.2) is 38.4 Å². The molecule has 4 rings (SSSR count). The third-order valence-electron chi connectivity index (χ3n) is 4.13. The number of benzene rings is 1. The zero-order chi connectivity index (χ0) is 16.4. The van der Waals surface area contributed by atoms with Gasteiger partial charge in [-0.3, -0.25) is 4.79 Å². The van der Waals surface area contributed by atoms with Crippen LogP contribution in [0.25, 0.3) is 11.0 Å². The third kappa shape index (κ3) is 2.84. The molecule has 3 heterocycles. The molecule has 0 saturated carbocycles. The molecule has 0 atom stereocenters. The van der Waals surface area contributed by atoms with Crippen molar-refractivity contribution in [1.29, 1.82) is 0 Å². The van der Waals surface area contributed by atoms with E-state index < -0.39 is 0 Å². The van der Waals surface area contributed by atoms with Crippen LogP contribution in [-0.2, 0) is 13.1 Å². The normalized spacial score (nSPS) is 13.5. The van der Waals surface area contributed by atoms with Crippen LogP contribution in [0.15, 0.2) is 36.7 Å². The molecule has 1 amide bonds. The molecule has 1 aromatic carbocycles. The van der Waals surface area contributed by atoms with Crippen molar-refractivity contribution in [2.45, 2.75) is 25.9 Å². The third-order valence-corrected chi connectivity index (χ3v) is 4.13. The topological polar surface area (TPSA) is 74.0 Å². The largest absolute Gasteiger partial charge is 0.478 e. The zero-order valence-corrected chi connectivity index (χ0v) is 13.3. The van der Waals surface area contributed by atoms with Crippen LogP contribution in [0, 0.1) is 0 Å². The van der Waals surface area contributed by atoms with Crippen molar-refractivity contribution in [2.24, 2.45) is 0 Å². The maximum absolute atomic E-state index is 12.2. The number of nitrogens with zero attached hydrogens (tertiary/aromatic N) is 4. The summed E-state index contributed by atoms with van der Waals surface area (Å²) in [4.78, 5) is 16.5. The monoisotopic (exact) mass is 325 g/mol. The summed E-state index contributed by atoms with van der Waals surface area (Å²) >= 11 is 0. The molecule has 0 bridgehead atoms. The van der Waals surface area contributed by atoms with E-state index in [0.29, 0.717) is 24.7 Å². The predicted octanol–water partition coefficient (Wildman–Crippen LogP) is 1.84. The van der Waals surface area contributed by atoms with E-state index in [2.05, 4.69) is 26.0 Å². The lowest BCUT2D eigenvalue weighted by Crippen LogP contribution is -2.25. The quantitative estimate of drug-likeness (QED) is 0.726. The number of carbonyl (C=O) groups excluding carboxylic acids is 1. The standard InChI is InChI=1S/C17H19N5O2/c23-17(14-11-16-22(20-14)9-4-10-24-16)18-7-3-8-21-12-19-13-5-1-2-6-15(13)21/h1-2,5-6,11-12H,3-4,7-10H2,(H,18,23). The van der Waals surface area contributed by atoms with E-state index in [-0.39, 0.29) is 5.91 Å². The molecule has 3 aromatic rings. The van der Waals surface area contributed by atoms with E-state index in [1.54, 1.807) is 10.7 Å². The fraction of sp³-hybridized carbons (Fsp3) is 0.353. The van der Waals surface area contributed by atoms with Gasteiger partial charge in [-0.1, -0.05) is 12.1 Å². The molecule has 0 spiro atoms. The number of hydrogen-bond donors (Lipinski definition) is 1. The minimum atomic E-state index is -0.156. The first-order valence-corrected chi connectivity index (χ1v) is 8.20. The van der Waals surface area contributed by atoms with Gasteiger partial charge >= 0.3 is 0 Å². The lowest BCUT2D eigenvalue weighted by molar-refractivity contribution is 0.0947. The van der Waals surface area contributed by atoms with Gasteiger partial charge in [-0.15, -0.1) is 0 Å². The van der Waals surface area contributed by atoms with Gasteiger partial charge in [0.25, 0.3) is 5.91 Å². The highest BCUT2D eigenvalue weighted by Crippen LogP contribution is 2.18. The van der Waals surface area contributed by atoms with Crippen LogP contribution in [0.5, 0.6) is 5.88 Å². The van der Waals surface area contributed by atoms with Crippen molar-refractivity contribution in [3.05, 3.63) is 42.4 Å². The van der Waals surface area contributed by atoms with Gasteiger partial charge in [0, 0.05) is 32.1 Å². The number of para-hydroxylation sites is 2. The highest BCUT2D eigenvalue weighted by Gasteiger charge is 2.17. The summed E-state index contributed by atoms with van der Waals surface area (Å²) in [5, 5.41) is 7.20. The zero-order valence-electron chi connectivity index (χ0n) is 13.3. The molecule has 124 valence electrons. The van der Waals surface area contributed by atoms with E-state index in [9.17, 15) is 4.79 Å². The first-order valence-electron chi connectivity index (χ1n) is 8.20. The Morgan fingerprint density at radius 1 is 1.33 bits per heavy atom. The molecule has 0 radical (unpaired) electrons. The van der Waals surface area contributed by atoms with Crippen molar-refractivity contribution in [2.75, 3.05) is 13.2 Å². The highest BCUT2D eigenvalue weighted by atomic mass is 16.5. The minimum absolute atomic E-state index is 0.156. The Morgan fingerprint density at radius 2 is 2.25 bits per heavy atom. The molecule has 1 aliphatic heterocycles. The fourth-order valence-electron chi connectivity index (χ4n) is 2.91. The average molecular weight is 325 g/mol. The summed E-state index contributed by atoms with van der Waals surface area (Å²) in [6.45, 7) is 2.89. The van der Waals surface area contributed by atoms with Crippen LogP contribution < -0.4 is 10.1 Å². The van der Waals surface area contributed by atoms with Crippen molar-refractivity contribution >= 4 is 16.9 Å². The van der Waals surface area contributed by atoms with E-state index in [0.717, 1.165) is 37.0 Å². The summed E-state index contributed by atoms with van der Waals surface area (Å²) in [6, 6.07) is 9.74. The summed E-state index contributed by atoms with van der Waals surface area (Å²) in [6.07, 6.45) is 3.60. The fourth-order valence-corrected chi connectivity index (χ4v) is 2.91. The van der Waals surface area contributed by atoms with E-state index in [4.69, 9.17) is 4.74 Å². The highest BCUT2D eigenvalue weighted by molar-refractivity contribution is 5.92. The van der Waals surface area contributed by atoms with Crippen LogP contribution in [0.2, 0.25) is 0 Å². The number of carbonyl (C=O) groups is 1. The maximum Gasteiger partial charge on any atom is 0.271 e. The molecular formula is C17H19N5O2. The van der Waals surface area contributed by atoms with Gasteiger partial charge in [0.15, 0.2) is 5.69 Å². The Kier molecular flexibility index (Phi) is 3.90. The summed E-state index contributed by atoms with van der Waals surface area (Å²) in [5.41, 5.74) is 2.52. The van der Waals surface area contributed by atoms with Gasteiger partial charge in [0.2, 0.25) is 5.88 Å². The molecule has 0 fully saturated rings. The molecule has 1 aliphatic rings. The van der Waals surface area contributed by atoms with Crippen LogP contribution in [0.1, 0.15) is 23.3 Å². The number of aromatic nitrogens is 4. The summed E-state index contributed by atoms with van der Waals surface area (Å²) < 4.78 is 9.33. The molecule has 7 nitrogen and oxygen atoms in total. The van der Waals surface area contributed by atoms with E-state index in [1.165, 1.54) is 0 Å². The first-order chi connectivity index (χ1) is 11.8. The van der Waals surface area contributed by atoms with Gasteiger partial charge < -0.3 is 14.6 Å². The van der Waals surface area contributed by atoms with Crippen molar-refractivity contribution < 1.29 is 9.53 Å². The van der Waals surface area contributed by atoms with Crippen LogP contribution >= 0.6 is 0 Å². The minimum Gasteiger partial charge on any atom is -0.478 e. The van der Waals surface area contributed by atoms with Crippen molar-refractivity contribution in [1.82, 2.24) is 24.6 Å². The number of ether oxygens (including phenoxy) is 1. The van der Waals surface area contributed by atoms with Gasteiger partial charge in [0.05, 0.1) is 24.0 Å². The Balaban J connectivity index is 1.31. The van der Waals surface area contributed by atoms with Crippen molar-refractivity contribution in [3.8, 4) is 5.88 Å². The van der Waals surface area contributed by atoms with Crippen molar-refractivity contribution in [3.63, 3.8) is 0 Å². The van der Waals surface area contributed by atoms with Gasteiger partial charge in [-0.25, -0.2) is 9.67 Å². The number of imidazole rings is 1. The molecule has 0 aliphatic carbocycles. The van der Waals surface area contributed by atoms with Crippen LogP contribution in [0.4, 0.5) is 0 Å². The second kappa shape index (κ2) is 6.35. The number of fused-ring (bicyclic) bond motifs is 2. The van der Waals surface area contributed by atoms with Gasteiger partial charge in [-0.05, 0) is 18.6 Å². The smallest absolute Gasteiger partial charge is 0.271 e. The predicted molar refractivity (Wildman–Crippen MR) is 89.0 cm³/mol. The number of rotatable bonds is 5. The Bertz CT molecular complexity index is 843. The van der Waals surface area contributed by atoms with E-state index >= 15 is 0 Å². The van der Waals surface area contributed by atoms with E-state index in [1.807, 2.05) is 24.5 Å². The Hall–Kier alpha value is -2.83. The molecule has 2 aromatic heterocycles. The lowest BCUT2D eigenvalue weighted by atomic mass is 10.3. The Morgan fingerprint density at radius 3 is 3.17 bits per heavy atom. The van der Waals surface area contributed by atoms with Crippen LogP contribution in [0.3, 0.4) is 0 Å². The number of nitrogens with one attached hydrogen (secondary N) is 1. The molecule has 24 heavy (non-hydrogen) atoms. The summed E-state index contributed by atoms with van der Waals surface area (Å²) in [5.74, 6) is 0.521. The molecule has 0 saturated heterocycles. The molecule has 1 N–H and O–H groups in total. The second-order valence-electron chi connectivity index (χ2n) is 5.83. The first kappa shape index (κ1) is 14.7.